The molecule has 0 fully saturated rings. The van der Waals surface area contributed by atoms with Gasteiger partial charge < -0.3 is 14.2 Å². The normalized spacial score (nSPS) is 12.7. The third kappa shape index (κ3) is 3.46. The van der Waals surface area contributed by atoms with Crippen LogP contribution in [-0.2, 0) is 0 Å². The van der Waals surface area contributed by atoms with Gasteiger partial charge in [-0.05, 0) is 35.9 Å². The number of ketones is 1. The van der Waals surface area contributed by atoms with Gasteiger partial charge in [0.1, 0.15) is 30.2 Å². The molecule has 0 N–H and O–H groups in total. The van der Waals surface area contributed by atoms with Crippen molar-refractivity contribution in [2.45, 2.75) is 0 Å². The van der Waals surface area contributed by atoms with E-state index in [1.54, 1.807) is 30.3 Å². The van der Waals surface area contributed by atoms with Crippen LogP contribution < -0.4 is 14.2 Å². The number of halogens is 1. The summed E-state index contributed by atoms with van der Waals surface area (Å²) in [5.41, 5.74) is 2.12. The summed E-state index contributed by atoms with van der Waals surface area (Å²) in [5, 5.41) is 2.62. The van der Waals surface area contributed by atoms with Crippen molar-refractivity contribution in [2.75, 3.05) is 19.8 Å². The van der Waals surface area contributed by atoms with Crippen LogP contribution in [0.25, 0.3) is 21.3 Å². The Balaban J connectivity index is 1.41. The maximum Gasteiger partial charge on any atom is 0.226 e. The van der Waals surface area contributed by atoms with E-state index < -0.39 is 0 Å². The van der Waals surface area contributed by atoms with E-state index in [0.29, 0.717) is 41.5 Å². The molecule has 2 aromatic heterocycles. The zero-order chi connectivity index (χ0) is 20.5. The molecule has 30 heavy (non-hydrogen) atoms. The Bertz CT molecular complexity index is 1240. The van der Waals surface area contributed by atoms with Gasteiger partial charge in [0, 0.05) is 16.5 Å². The highest BCUT2D eigenvalue weighted by atomic mass is 32.1. The number of nitrogens with zero attached hydrogens (tertiary/aromatic N) is 2. The van der Waals surface area contributed by atoms with Crippen molar-refractivity contribution in [1.82, 2.24) is 9.97 Å². The second kappa shape index (κ2) is 7.72. The number of aromatic nitrogens is 2. The highest BCUT2D eigenvalue weighted by Crippen LogP contribution is 2.37. The minimum absolute atomic E-state index is 0.190. The summed E-state index contributed by atoms with van der Waals surface area (Å²) in [6.45, 7) is 0.749. The molecule has 6 nitrogen and oxygen atoms in total. The van der Waals surface area contributed by atoms with Crippen LogP contribution in [0.15, 0.2) is 54.2 Å². The number of Topliss-reactive ketones (excluding diaryl/α,β-unsaturated/α-hetero) is 1. The van der Waals surface area contributed by atoms with Crippen molar-refractivity contribution in [3.8, 4) is 28.5 Å². The Morgan fingerprint density at radius 1 is 1.07 bits per heavy atom. The van der Waals surface area contributed by atoms with E-state index in [0.717, 1.165) is 16.0 Å². The van der Waals surface area contributed by atoms with Crippen LogP contribution in [-0.4, -0.2) is 35.6 Å². The fourth-order valence-corrected chi connectivity index (χ4v) is 4.14. The predicted octanol–water partition coefficient (Wildman–Crippen LogP) is 4.53. The van der Waals surface area contributed by atoms with Gasteiger partial charge in [-0.1, -0.05) is 12.1 Å². The molecule has 3 heterocycles. The van der Waals surface area contributed by atoms with Gasteiger partial charge >= 0.3 is 0 Å². The SMILES string of the molecule is O=C(COc1ncnc2scc(-c3ccc(F)cc3)c12)c1ccc2c(c1)OCCO2. The summed E-state index contributed by atoms with van der Waals surface area (Å²) < 4.78 is 30.1. The second-order valence-corrected chi connectivity index (χ2v) is 7.44. The van der Waals surface area contributed by atoms with Crippen LogP contribution >= 0.6 is 11.3 Å². The van der Waals surface area contributed by atoms with Crippen LogP contribution in [0.1, 0.15) is 10.4 Å². The van der Waals surface area contributed by atoms with Gasteiger partial charge in [0.15, 0.2) is 23.9 Å². The van der Waals surface area contributed by atoms with Crippen molar-refractivity contribution in [3.63, 3.8) is 0 Å². The topological polar surface area (TPSA) is 70.5 Å². The molecule has 1 aliphatic rings. The first kappa shape index (κ1) is 18.5. The van der Waals surface area contributed by atoms with Crippen LogP contribution in [0, 0.1) is 5.82 Å². The molecule has 0 saturated heterocycles. The average Bonchev–Trinajstić information content (AvgIpc) is 3.22. The summed E-state index contributed by atoms with van der Waals surface area (Å²) in [4.78, 5) is 21.9. The fourth-order valence-electron chi connectivity index (χ4n) is 3.23. The molecule has 0 saturated carbocycles. The monoisotopic (exact) mass is 422 g/mol. The summed E-state index contributed by atoms with van der Waals surface area (Å²) in [5.74, 6) is 0.964. The maximum absolute atomic E-state index is 13.3. The van der Waals surface area contributed by atoms with Crippen molar-refractivity contribution in [1.29, 1.82) is 0 Å². The van der Waals surface area contributed by atoms with Gasteiger partial charge in [-0.15, -0.1) is 11.3 Å². The summed E-state index contributed by atoms with van der Waals surface area (Å²) in [7, 11) is 0. The molecule has 8 heteroatoms. The Kier molecular flexibility index (Phi) is 4.76. The Morgan fingerprint density at radius 3 is 2.70 bits per heavy atom. The molecule has 0 bridgehead atoms. The molecule has 0 aliphatic carbocycles. The molecule has 0 atom stereocenters. The minimum atomic E-state index is -0.309. The number of carbonyl (C=O) groups is 1. The van der Waals surface area contributed by atoms with Crippen molar-refractivity contribution in [2.24, 2.45) is 0 Å². The molecule has 1 aliphatic heterocycles. The van der Waals surface area contributed by atoms with Gasteiger partial charge in [-0.3, -0.25) is 4.79 Å². The first-order chi connectivity index (χ1) is 14.7. The minimum Gasteiger partial charge on any atom is -0.486 e. The van der Waals surface area contributed by atoms with Crippen LogP contribution in [0.3, 0.4) is 0 Å². The van der Waals surface area contributed by atoms with E-state index in [-0.39, 0.29) is 18.2 Å². The third-order valence-corrected chi connectivity index (χ3v) is 5.58. The quantitative estimate of drug-likeness (QED) is 0.440. The Morgan fingerprint density at radius 2 is 1.87 bits per heavy atom. The lowest BCUT2D eigenvalue weighted by molar-refractivity contribution is 0.0918. The van der Waals surface area contributed by atoms with Crippen LogP contribution in [0.2, 0.25) is 0 Å². The van der Waals surface area contributed by atoms with Crippen molar-refractivity contribution < 1.29 is 23.4 Å². The van der Waals surface area contributed by atoms with E-state index in [1.807, 2.05) is 5.38 Å². The molecule has 2 aromatic carbocycles. The number of fused-ring (bicyclic) bond motifs is 2. The molecular weight excluding hydrogens is 407 g/mol. The maximum atomic E-state index is 13.3. The molecule has 0 spiro atoms. The van der Waals surface area contributed by atoms with E-state index in [4.69, 9.17) is 14.2 Å². The van der Waals surface area contributed by atoms with Gasteiger partial charge in [0.25, 0.3) is 0 Å². The van der Waals surface area contributed by atoms with E-state index in [9.17, 15) is 9.18 Å². The van der Waals surface area contributed by atoms with Gasteiger partial charge in [0.2, 0.25) is 5.88 Å². The van der Waals surface area contributed by atoms with Gasteiger partial charge in [0.05, 0.1) is 5.39 Å². The van der Waals surface area contributed by atoms with Gasteiger partial charge in [-0.25, -0.2) is 14.4 Å². The lowest BCUT2D eigenvalue weighted by atomic mass is 10.1. The highest BCUT2D eigenvalue weighted by Gasteiger charge is 2.18. The predicted molar refractivity (Wildman–Crippen MR) is 110 cm³/mol. The summed E-state index contributed by atoms with van der Waals surface area (Å²) >= 11 is 1.43. The third-order valence-electron chi connectivity index (χ3n) is 4.69. The number of hydrogen-bond acceptors (Lipinski definition) is 7. The lowest BCUT2D eigenvalue weighted by Gasteiger charge is -2.18. The smallest absolute Gasteiger partial charge is 0.226 e. The Hall–Kier alpha value is -3.52. The number of ether oxygens (including phenoxy) is 3. The first-order valence-corrected chi connectivity index (χ1v) is 10.1. The molecule has 150 valence electrons. The zero-order valence-electron chi connectivity index (χ0n) is 15.6. The largest absolute Gasteiger partial charge is 0.486 e. The highest BCUT2D eigenvalue weighted by molar-refractivity contribution is 7.17. The lowest BCUT2D eigenvalue weighted by Crippen LogP contribution is -2.17. The number of benzene rings is 2. The molecule has 0 radical (unpaired) electrons. The molecule has 5 rings (SSSR count). The summed E-state index contributed by atoms with van der Waals surface area (Å²) in [6, 6.07) is 11.2. The number of thiophene rings is 1. The standard InChI is InChI=1S/C22H15FN2O4S/c23-15-4-1-13(2-5-15)16-11-30-22-20(16)21(24-12-25-22)29-10-17(26)14-3-6-18-19(9-14)28-8-7-27-18/h1-6,9,11-12H,7-8,10H2. The van der Waals surface area contributed by atoms with Crippen molar-refractivity contribution >= 4 is 27.3 Å². The van der Waals surface area contributed by atoms with Crippen molar-refractivity contribution in [3.05, 3.63) is 65.6 Å². The van der Waals surface area contributed by atoms with Gasteiger partial charge in [-0.2, -0.15) is 0 Å². The number of carbonyl (C=O) groups excluding carboxylic acids is 1. The molecule has 0 amide bonds. The fraction of sp³-hybridized carbons (Fsp3) is 0.136. The zero-order valence-corrected chi connectivity index (χ0v) is 16.4. The molecule has 0 unspecified atom stereocenters. The second-order valence-electron chi connectivity index (χ2n) is 6.59. The van der Waals surface area contributed by atoms with Crippen LogP contribution in [0.4, 0.5) is 4.39 Å². The molecule has 4 aromatic rings. The summed E-state index contributed by atoms with van der Waals surface area (Å²) in [6.07, 6.45) is 1.40. The molecular formula is C22H15FN2O4S. The number of hydrogen-bond donors (Lipinski definition) is 0. The first-order valence-electron chi connectivity index (χ1n) is 9.23. The number of rotatable bonds is 5. The van der Waals surface area contributed by atoms with Crippen LogP contribution in [0.5, 0.6) is 17.4 Å². The van der Waals surface area contributed by atoms with E-state index >= 15 is 0 Å². The average molecular weight is 422 g/mol. The van der Waals surface area contributed by atoms with E-state index in [1.165, 1.54) is 29.8 Å². The van der Waals surface area contributed by atoms with E-state index in [2.05, 4.69) is 9.97 Å². The Labute approximate surface area is 174 Å².